The molecule has 0 saturated heterocycles. The average Bonchev–Trinajstić information content (AvgIpc) is 1.88. The minimum Gasteiger partial charge on any atom is -0.384 e. The first-order valence-corrected chi connectivity index (χ1v) is 2.93. The van der Waals surface area contributed by atoms with E-state index in [4.69, 9.17) is 12.2 Å². The SMILES string of the molecule is C#Cc1cnc(N)cc1C. The Hall–Kier alpha value is -1.49. The number of terminal acetylenes is 1. The first-order chi connectivity index (χ1) is 4.74. The van der Waals surface area contributed by atoms with E-state index >= 15 is 0 Å². The summed E-state index contributed by atoms with van der Waals surface area (Å²) in [7, 11) is 0. The Bertz CT molecular complexity index is 284. The zero-order chi connectivity index (χ0) is 7.56. The summed E-state index contributed by atoms with van der Waals surface area (Å²) < 4.78 is 0. The molecule has 1 rings (SSSR count). The summed E-state index contributed by atoms with van der Waals surface area (Å²) >= 11 is 0. The molecule has 1 heterocycles. The van der Waals surface area contributed by atoms with Crippen molar-refractivity contribution in [1.82, 2.24) is 4.98 Å². The van der Waals surface area contributed by atoms with Crippen molar-refractivity contribution in [2.24, 2.45) is 0 Å². The maximum absolute atomic E-state index is 5.40. The average molecular weight is 132 g/mol. The Morgan fingerprint density at radius 3 is 2.90 bits per heavy atom. The van der Waals surface area contributed by atoms with Crippen LogP contribution in [0.4, 0.5) is 5.82 Å². The molecule has 2 heteroatoms. The zero-order valence-corrected chi connectivity index (χ0v) is 5.76. The van der Waals surface area contributed by atoms with Crippen molar-refractivity contribution in [3.8, 4) is 12.3 Å². The second-order valence-corrected chi connectivity index (χ2v) is 2.07. The van der Waals surface area contributed by atoms with Gasteiger partial charge in [0.25, 0.3) is 0 Å². The third kappa shape index (κ3) is 1.08. The molecule has 2 nitrogen and oxygen atoms in total. The van der Waals surface area contributed by atoms with Gasteiger partial charge in [-0.25, -0.2) is 4.98 Å². The van der Waals surface area contributed by atoms with Gasteiger partial charge in [-0.2, -0.15) is 0 Å². The monoisotopic (exact) mass is 132 g/mol. The van der Waals surface area contributed by atoms with Crippen LogP contribution in [-0.4, -0.2) is 4.98 Å². The lowest BCUT2D eigenvalue weighted by Gasteiger charge is -1.96. The molecule has 10 heavy (non-hydrogen) atoms. The van der Waals surface area contributed by atoms with Crippen LogP contribution in [0.5, 0.6) is 0 Å². The molecule has 1 aromatic rings. The maximum Gasteiger partial charge on any atom is 0.123 e. The first kappa shape index (κ1) is 6.63. The molecule has 0 bridgehead atoms. The standard InChI is InChI=1S/C8H8N2/c1-3-7-5-10-8(9)4-6(7)2/h1,4-5H,2H3,(H2,9,10). The van der Waals surface area contributed by atoms with Gasteiger partial charge >= 0.3 is 0 Å². The van der Waals surface area contributed by atoms with Crippen molar-refractivity contribution in [3.05, 3.63) is 23.4 Å². The van der Waals surface area contributed by atoms with Crippen LogP contribution in [0, 0.1) is 19.3 Å². The van der Waals surface area contributed by atoms with Crippen molar-refractivity contribution >= 4 is 5.82 Å². The van der Waals surface area contributed by atoms with Gasteiger partial charge in [0.1, 0.15) is 5.82 Å². The quantitative estimate of drug-likeness (QED) is 0.534. The number of pyridine rings is 1. The Balaban J connectivity index is 3.23. The molecule has 0 spiro atoms. The van der Waals surface area contributed by atoms with E-state index in [1.54, 1.807) is 12.3 Å². The van der Waals surface area contributed by atoms with E-state index in [0.717, 1.165) is 11.1 Å². The Morgan fingerprint density at radius 2 is 2.40 bits per heavy atom. The minimum atomic E-state index is 0.511. The lowest BCUT2D eigenvalue weighted by Crippen LogP contribution is -1.92. The highest BCUT2D eigenvalue weighted by molar-refractivity contribution is 5.43. The van der Waals surface area contributed by atoms with Crippen molar-refractivity contribution in [1.29, 1.82) is 0 Å². The molecule has 0 aliphatic rings. The fourth-order valence-electron chi connectivity index (χ4n) is 0.729. The van der Waals surface area contributed by atoms with Gasteiger partial charge < -0.3 is 5.73 Å². The van der Waals surface area contributed by atoms with Crippen LogP contribution in [0.3, 0.4) is 0 Å². The molecule has 0 unspecified atom stereocenters. The van der Waals surface area contributed by atoms with Crippen molar-refractivity contribution < 1.29 is 0 Å². The molecular weight excluding hydrogens is 124 g/mol. The van der Waals surface area contributed by atoms with E-state index in [1.165, 1.54) is 0 Å². The molecular formula is C8H8N2. The topological polar surface area (TPSA) is 38.9 Å². The van der Waals surface area contributed by atoms with Gasteiger partial charge in [0, 0.05) is 11.8 Å². The summed E-state index contributed by atoms with van der Waals surface area (Å²) in [5.41, 5.74) is 7.20. The molecule has 0 aliphatic carbocycles. The van der Waals surface area contributed by atoms with Gasteiger partial charge in [-0.05, 0) is 18.6 Å². The first-order valence-electron chi connectivity index (χ1n) is 2.93. The van der Waals surface area contributed by atoms with E-state index in [0.29, 0.717) is 5.82 Å². The number of hydrogen-bond donors (Lipinski definition) is 1. The Kier molecular flexibility index (Phi) is 1.59. The highest BCUT2D eigenvalue weighted by Gasteiger charge is 1.93. The third-order valence-corrected chi connectivity index (χ3v) is 1.29. The molecule has 50 valence electrons. The summed E-state index contributed by atoms with van der Waals surface area (Å²) in [6.45, 7) is 1.91. The largest absolute Gasteiger partial charge is 0.384 e. The predicted octanol–water partition coefficient (Wildman–Crippen LogP) is 0.954. The summed E-state index contributed by atoms with van der Waals surface area (Å²) in [6.07, 6.45) is 6.77. The van der Waals surface area contributed by atoms with Gasteiger partial charge in [-0.3, -0.25) is 0 Å². The van der Waals surface area contributed by atoms with Crippen molar-refractivity contribution in [3.63, 3.8) is 0 Å². The maximum atomic E-state index is 5.40. The zero-order valence-electron chi connectivity index (χ0n) is 5.76. The van der Waals surface area contributed by atoms with Gasteiger partial charge in [-0.1, -0.05) is 5.92 Å². The van der Waals surface area contributed by atoms with Crippen LogP contribution in [0.1, 0.15) is 11.1 Å². The van der Waals surface area contributed by atoms with Gasteiger partial charge in [0.15, 0.2) is 0 Å². The number of rotatable bonds is 0. The van der Waals surface area contributed by atoms with Crippen LogP contribution in [0.15, 0.2) is 12.3 Å². The van der Waals surface area contributed by atoms with Crippen LogP contribution in [0.25, 0.3) is 0 Å². The lowest BCUT2D eigenvalue weighted by molar-refractivity contribution is 1.28. The number of aryl methyl sites for hydroxylation is 1. The van der Waals surface area contributed by atoms with Crippen LogP contribution < -0.4 is 5.73 Å². The summed E-state index contributed by atoms with van der Waals surface area (Å²) in [6, 6.07) is 1.76. The minimum absolute atomic E-state index is 0.511. The molecule has 2 N–H and O–H groups in total. The Labute approximate surface area is 60.1 Å². The number of hydrogen-bond acceptors (Lipinski definition) is 2. The van der Waals surface area contributed by atoms with E-state index in [1.807, 2.05) is 6.92 Å². The molecule has 0 amide bonds. The van der Waals surface area contributed by atoms with Gasteiger partial charge in [0.05, 0.1) is 0 Å². The van der Waals surface area contributed by atoms with E-state index in [-0.39, 0.29) is 0 Å². The number of nitrogen functional groups attached to an aromatic ring is 1. The molecule has 1 aromatic heterocycles. The normalized spacial score (nSPS) is 8.80. The smallest absolute Gasteiger partial charge is 0.123 e. The number of anilines is 1. The van der Waals surface area contributed by atoms with Crippen LogP contribution in [-0.2, 0) is 0 Å². The number of nitrogens with zero attached hydrogens (tertiary/aromatic N) is 1. The third-order valence-electron chi connectivity index (χ3n) is 1.29. The molecule has 0 aromatic carbocycles. The number of aromatic nitrogens is 1. The molecule has 0 atom stereocenters. The van der Waals surface area contributed by atoms with Crippen LogP contribution in [0.2, 0.25) is 0 Å². The van der Waals surface area contributed by atoms with Crippen molar-refractivity contribution in [2.75, 3.05) is 5.73 Å². The van der Waals surface area contributed by atoms with Crippen molar-refractivity contribution in [2.45, 2.75) is 6.92 Å². The predicted molar refractivity (Wildman–Crippen MR) is 41.3 cm³/mol. The summed E-state index contributed by atoms with van der Waals surface area (Å²) in [5, 5.41) is 0. The molecule has 0 radical (unpaired) electrons. The molecule has 0 fully saturated rings. The van der Waals surface area contributed by atoms with Crippen LogP contribution >= 0.6 is 0 Å². The summed E-state index contributed by atoms with van der Waals surface area (Å²) in [5.74, 6) is 3.02. The van der Waals surface area contributed by atoms with E-state index in [2.05, 4.69) is 10.9 Å². The lowest BCUT2D eigenvalue weighted by atomic mass is 10.2. The fourth-order valence-corrected chi connectivity index (χ4v) is 0.729. The molecule has 0 saturated carbocycles. The second kappa shape index (κ2) is 2.40. The summed E-state index contributed by atoms with van der Waals surface area (Å²) in [4.78, 5) is 3.85. The van der Waals surface area contributed by atoms with E-state index < -0.39 is 0 Å². The number of nitrogens with two attached hydrogens (primary N) is 1. The van der Waals surface area contributed by atoms with Gasteiger partial charge in [-0.15, -0.1) is 6.42 Å². The second-order valence-electron chi connectivity index (χ2n) is 2.07. The fraction of sp³-hybridized carbons (Fsp3) is 0.125. The highest BCUT2D eigenvalue weighted by Crippen LogP contribution is 2.06. The molecule has 0 aliphatic heterocycles. The highest BCUT2D eigenvalue weighted by atomic mass is 14.8. The Morgan fingerprint density at radius 1 is 1.70 bits per heavy atom. The van der Waals surface area contributed by atoms with Gasteiger partial charge in [0.2, 0.25) is 0 Å². The van der Waals surface area contributed by atoms with E-state index in [9.17, 15) is 0 Å².